The number of methoxy groups -OCH3 is 1. The minimum Gasteiger partial charge on any atom is -0.490 e. The normalized spacial score (nSPS) is 20.8. The van der Waals surface area contributed by atoms with Crippen LogP contribution in [0.25, 0.3) is 0 Å². The molecule has 2 aliphatic rings. The Morgan fingerprint density at radius 1 is 1.13 bits per heavy atom. The van der Waals surface area contributed by atoms with Crippen LogP contribution in [0.15, 0.2) is 36.4 Å². The molecule has 0 unspecified atom stereocenters. The molecule has 210 valence electrons. The summed E-state index contributed by atoms with van der Waals surface area (Å²) in [7, 11) is 1.61. The van der Waals surface area contributed by atoms with E-state index in [1.807, 2.05) is 45.9 Å². The molecule has 2 N–H and O–H groups in total. The first-order chi connectivity index (χ1) is 18.6. The number of rotatable bonds is 4. The average Bonchev–Trinajstić information content (AvgIpc) is 2.87. The molecule has 8 nitrogen and oxygen atoms in total. The molecule has 8 heteroatoms. The SMILES string of the molecule is COc1nc(C)cc2c1CNC(=O)c1cccc(O[C@H]3CC[C@H](N(C(=O)O)C(C)(C)C)CC3)c1C/C=C/CC2. The highest BCUT2D eigenvalue weighted by Gasteiger charge is 2.36. The Kier molecular flexibility index (Phi) is 8.83. The lowest BCUT2D eigenvalue weighted by Gasteiger charge is -2.42. The Balaban J connectivity index is 1.53. The van der Waals surface area contributed by atoms with Crippen LogP contribution in [0.4, 0.5) is 4.79 Å². The summed E-state index contributed by atoms with van der Waals surface area (Å²) in [5, 5.41) is 12.9. The molecule has 0 radical (unpaired) electrons. The average molecular weight is 536 g/mol. The van der Waals surface area contributed by atoms with Crippen molar-refractivity contribution in [3.05, 3.63) is 64.4 Å². The van der Waals surface area contributed by atoms with E-state index < -0.39 is 11.6 Å². The number of aryl methyl sites for hydroxylation is 2. The number of carboxylic acid groups (broad SMARTS) is 1. The van der Waals surface area contributed by atoms with Gasteiger partial charge in [-0.05, 0) is 96.4 Å². The van der Waals surface area contributed by atoms with Crippen LogP contribution in [0.5, 0.6) is 11.6 Å². The van der Waals surface area contributed by atoms with Crippen molar-refractivity contribution >= 4 is 12.0 Å². The molecule has 0 atom stereocenters. The Morgan fingerprint density at radius 2 is 1.87 bits per heavy atom. The molecule has 1 saturated carbocycles. The summed E-state index contributed by atoms with van der Waals surface area (Å²) in [5.74, 6) is 1.10. The third-order valence-corrected chi connectivity index (χ3v) is 7.60. The van der Waals surface area contributed by atoms with Crippen molar-refractivity contribution in [3.63, 3.8) is 0 Å². The minimum absolute atomic E-state index is 0.0226. The molecular formula is C31H41N3O5. The van der Waals surface area contributed by atoms with Gasteiger partial charge in [-0.3, -0.25) is 4.79 Å². The summed E-state index contributed by atoms with van der Waals surface area (Å²) in [6.07, 6.45) is 8.68. The Labute approximate surface area is 231 Å². The maximum Gasteiger partial charge on any atom is 0.407 e. The first-order valence-corrected chi connectivity index (χ1v) is 13.9. The molecule has 1 aromatic heterocycles. The van der Waals surface area contributed by atoms with E-state index >= 15 is 0 Å². The molecule has 1 aliphatic carbocycles. The third kappa shape index (κ3) is 6.72. The number of amides is 2. The lowest BCUT2D eigenvalue weighted by molar-refractivity contribution is 0.0366. The van der Waals surface area contributed by atoms with Crippen molar-refractivity contribution in [2.75, 3.05) is 7.11 Å². The number of aromatic nitrogens is 1. The lowest BCUT2D eigenvalue weighted by Crippen LogP contribution is -2.52. The fraction of sp³-hybridized carbons (Fsp3) is 0.516. The second-order valence-electron chi connectivity index (χ2n) is 11.5. The summed E-state index contributed by atoms with van der Waals surface area (Å²) in [6.45, 7) is 8.09. The Hall–Kier alpha value is -3.55. The fourth-order valence-corrected chi connectivity index (χ4v) is 5.83. The van der Waals surface area contributed by atoms with Gasteiger partial charge < -0.3 is 24.8 Å². The van der Waals surface area contributed by atoms with E-state index in [4.69, 9.17) is 9.47 Å². The molecule has 2 heterocycles. The van der Waals surface area contributed by atoms with Crippen LogP contribution < -0.4 is 14.8 Å². The summed E-state index contributed by atoms with van der Waals surface area (Å²) in [6, 6.07) is 7.68. The van der Waals surface area contributed by atoms with Gasteiger partial charge in [-0.1, -0.05) is 18.2 Å². The first-order valence-electron chi connectivity index (χ1n) is 13.9. The number of hydrogen-bond acceptors (Lipinski definition) is 5. The van der Waals surface area contributed by atoms with E-state index in [1.54, 1.807) is 12.0 Å². The molecule has 0 saturated heterocycles. The highest BCUT2D eigenvalue weighted by Crippen LogP contribution is 2.33. The van der Waals surface area contributed by atoms with Gasteiger partial charge >= 0.3 is 6.09 Å². The number of fused-ring (bicyclic) bond motifs is 2. The van der Waals surface area contributed by atoms with Crippen molar-refractivity contribution in [1.29, 1.82) is 0 Å². The molecule has 1 aliphatic heterocycles. The van der Waals surface area contributed by atoms with Crippen LogP contribution in [-0.2, 0) is 19.4 Å². The molecule has 2 amide bonds. The summed E-state index contributed by atoms with van der Waals surface area (Å²) < 4.78 is 12.0. The van der Waals surface area contributed by atoms with Crippen LogP contribution in [0.1, 0.15) is 85.6 Å². The number of pyridine rings is 1. The predicted octanol–water partition coefficient (Wildman–Crippen LogP) is 5.84. The highest BCUT2D eigenvalue weighted by molar-refractivity contribution is 5.96. The van der Waals surface area contributed by atoms with Crippen molar-refractivity contribution < 1.29 is 24.2 Å². The van der Waals surface area contributed by atoms with Gasteiger partial charge in [0.25, 0.3) is 5.91 Å². The summed E-state index contributed by atoms with van der Waals surface area (Å²) in [5.41, 5.74) is 3.94. The van der Waals surface area contributed by atoms with Crippen molar-refractivity contribution in [1.82, 2.24) is 15.2 Å². The van der Waals surface area contributed by atoms with Crippen LogP contribution >= 0.6 is 0 Å². The van der Waals surface area contributed by atoms with Gasteiger partial charge in [0, 0.05) is 40.5 Å². The van der Waals surface area contributed by atoms with E-state index in [9.17, 15) is 14.7 Å². The predicted molar refractivity (Wildman–Crippen MR) is 151 cm³/mol. The van der Waals surface area contributed by atoms with E-state index in [0.717, 1.165) is 60.9 Å². The van der Waals surface area contributed by atoms with Gasteiger partial charge in [-0.25, -0.2) is 9.78 Å². The van der Waals surface area contributed by atoms with Crippen LogP contribution in [-0.4, -0.2) is 51.8 Å². The quantitative estimate of drug-likeness (QED) is 0.477. The zero-order valence-electron chi connectivity index (χ0n) is 23.8. The number of carbonyl (C=O) groups excluding carboxylic acids is 1. The maximum absolute atomic E-state index is 13.4. The Morgan fingerprint density at radius 3 is 2.54 bits per heavy atom. The molecule has 0 bridgehead atoms. The molecular weight excluding hydrogens is 494 g/mol. The van der Waals surface area contributed by atoms with Crippen LogP contribution in [0.3, 0.4) is 0 Å². The monoisotopic (exact) mass is 535 g/mol. The standard InChI is InChI=1S/C31H41N3O5/c1-20-18-21-10-7-6-8-11-24-25(28(35)32-19-26(21)29(33-20)38-5)12-9-13-27(24)39-23-16-14-22(15-17-23)34(30(36)37)31(2,3)4/h6,8-9,12-13,18,22-23H,7,10-11,14-17,19H2,1-5H3,(H,32,35)(H,36,37)/b8-6+/t22-,23-. The summed E-state index contributed by atoms with van der Waals surface area (Å²) in [4.78, 5) is 31.4. The van der Waals surface area contributed by atoms with Gasteiger partial charge in [0.05, 0.1) is 13.2 Å². The number of nitrogens with one attached hydrogen (secondary N) is 1. The topological polar surface area (TPSA) is 101 Å². The molecule has 0 spiro atoms. The molecule has 1 aromatic carbocycles. The Bertz CT molecular complexity index is 1230. The number of carbonyl (C=O) groups is 2. The van der Waals surface area contributed by atoms with Crippen molar-refractivity contribution in [2.24, 2.45) is 0 Å². The second kappa shape index (κ2) is 12.1. The van der Waals surface area contributed by atoms with Crippen LogP contribution in [0.2, 0.25) is 0 Å². The number of nitrogens with zero attached hydrogens (tertiary/aromatic N) is 2. The number of allylic oxidation sites excluding steroid dienone is 2. The van der Waals surface area contributed by atoms with E-state index in [2.05, 4.69) is 28.5 Å². The molecule has 39 heavy (non-hydrogen) atoms. The fourth-order valence-electron chi connectivity index (χ4n) is 5.83. The van der Waals surface area contributed by atoms with Crippen molar-refractivity contribution in [3.8, 4) is 11.6 Å². The van der Waals surface area contributed by atoms with Gasteiger partial charge in [-0.15, -0.1) is 0 Å². The van der Waals surface area contributed by atoms with Crippen molar-refractivity contribution in [2.45, 2.75) is 96.9 Å². The minimum atomic E-state index is -0.876. The van der Waals surface area contributed by atoms with Gasteiger partial charge in [-0.2, -0.15) is 0 Å². The second-order valence-corrected chi connectivity index (χ2v) is 11.5. The smallest absolute Gasteiger partial charge is 0.407 e. The highest BCUT2D eigenvalue weighted by atomic mass is 16.5. The lowest BCUT2D eigenvalue weighted by atomic mass is 9.89. The molecule has 2 aromatic rings. The molecule has 1 fully saturated rings. The van der Waals surface area contributed by atoms with Gasteiger partial charge in [0.15, 0.2) is 0 Å². The number of ether oxygens (including phenoxy) is 2. The third-order valence-electron chi connectivity index (χ3n) is 7.60. The van der Waals surface area contributed by atoms with Gasteiger partial charge in [0.2, 0.25) is 5.88 Å². The van der Waals surface area contributed by atoms with E-state index in [0.29, 0.717) is 30.2 Å². The van der Waals surface area contributed by atoms with Crippen LogP contribution in [0, 0.1) is 6.92 Å². The maximum atomic E-state index is 13.4. The zero-order valence-corrected chi connectivity index (χ0v) is 23.8. The van der Waals surface area contributed by atoms with E-state index in [-0.39, 0.29) is 18.1 Å². The first kappa shape index (κ1) is 28.5. The largest absolute Gasteiger partial charge is 0.490 e. The van der Waals surface area contributed by atoms with Gasteiger partial charge in [0.1, 0.15) is 5.75 Å². The van der Waals surface area contributed by atoms with E-state index in [1.165, 1.54) is 0 Å². The molecule has 4 rings (SSSR count). The zero-order chi connectivity index (χ0) is 28.2. The summed E-state index contributed by atoms with van der Waals surface area (Å²) >= 11 is 0. The number of hydrogen-bond donors (Lipinski definition) is 2. The number of benzene rings is 1.